The van der Waals surface area contributed by atoms with Crippen LogP contribution >= 0.6 is 0 Å². The Balaban J connectivity index is 2.42. The molecule has 1 aliphatic rings. The molecule has 0 bridgehead atoms. The van der Waals surface area contributed by atoms with E-state index in [1.54, 1.807) is 0 Å². The summed E-state index contributed by atoms with van der Waals surface area (Å²) >= 11 is -1.90. The zero-order chi connectivity index (χ0) is 6.97. The Bertz CT molecular complexity index is 224. The van der Waals surface area contributed by atoms with Gasteiger partial charge in [-0.1, -0.05) is 0 Å². The molecule has 1 aromatic carbocycles. The summed E-state index contributed by atoms with van der Waals surface area (Å²) in [4.78, 5) is 0. The van der Waals surface area contributed by atoms with Gasteiger partial charge in [-0.25, -0.2) is 0 Å². The molecule has 0 unspecified atom stereocenters. The molecule has 0 atom stereocenters. The zero-order valence-corrected chi connectivity index (χ0v) is 9.05. The second kappa shape index (κ2) is 2.39. The predicted molar refractivity (Wildman–Crippen MR) is 39.3 cm³/mol. The zero-order valence-electron chi connectivity index (χ0n) is 5.57. The molecule has 1 aromatic rings. The van der Waals surface area contributed by atoms with Crippen molar-refractivity contribution >= 4 is 22.6 Å². The summed E-state index contributed by atoms with van der Waals surface area (Å²) in [5, 5.41) is 0. The fourth-order valence-electron chi connectivity index (χ4n) is 0.897. The Labute approximate surface area is 68.7 Å². The Morgan fingerprint density at radius 2 is 1.60 bits per heavy atom. The normalized spacial score (nSPS) is 15.7. The third kappa shape index (κ3) is 0.989. The van der Waals surface area contributed by atoms with Crippen LogP contribution in [0, 0.1) is 0 Å². The molecule has 1 heterocycles. The molecule has 2 nitrogen and oxygen atoms in total. The third-order valence-corrected chi connectivity index (χ3v) is 4.83. The van der Waals surface area contributed by atoms with E-state index in [4.69, 9.17) is 5.63 Å². The summed E-state index contributed by atoms with van der Waals surface area (Å²) in [6.07, 6.45) is 0. The molecule has 0 aliphatic carbocycles. The van der Waals surface area contributed by atoms with Gasteiger partial charge in [0.1, 0.15) is 0 Å². The van der Waals surface area contributed by atoms with Crippen molar-refractivity contribution in [2.75, 3.05) is 0 Å². The van der Waals surface area contributed by atoms with E-state index in [-0.39, 0.29) is 0 Å². The van der Waals surface area contributed by atoms with Crippen LogP contribution in [0.3, 0.4) is 0 Å². The van der Waals surface area contributed by atoms with E-state index in [2.05, 4.69) is 4.63 Å². The first-order valence-corrected chi connectivity index (χ1v) is 9.36. The number of para-hydroxylation sites is 2. The van der Waals surface area contributed by atoms with Gasteiger partial charge in [0.25, 0.3) is 0 Å². The van der Waals surface area contributed by atoms with Gasteiger partial charge in [0.15, 0.2) is 0 Å². The number of hydrogen-bond donors (Lipinski definition) is 0. The van der Waals surface area contributed by atoms with Gasteiger partial charge in [-0.3, -0.25) is 0 Å². The summed E-state index contributed by atoms with van der Waals surface area (Å²) in [6.45, 7) is 0. The minimum absolute atomic E-state index is 0.933. The summed E-state index contributed by atoms with van der Waals surface area (Å²) in [5.41, 5.74) is 0. The van der Waals surface area contributed by atoms with Gasteiger partial charge in [0.2, 0.25) is 0 Å². The fourth-order valence-corrected chi connectivity index (χ4v) is 4.37. The first-order chi connectivity index (χ1) is 4.86. The van der Waals surface area contributed by atoms with Gasteiger partial charge in [-0.05, 0) is 0 Å². The third-order valence-electron chi connectivity index (χ3n) is 1.30. The van der Waals surface area contributed by atoms with E-state index in [0.717, 1.165) is 11.5 Å². The van der Waals surface area contributed by atoms with Gasteiger partial charge < -0.3 is 0 Å². The topological polar surface area (TPSA) is 18.5 Å². The van der Waals surface area contributed by atoms with Gasteiger partial charge in [0.05, 0.1) is 0 Å². The molecule has 2 rings (SSSR count). The van der Waals surface area contributed by atoms with Gasteiger partial charge >= 0.3 is 68.7 Å². The quantitative estimate of drug-likeness (QED) is 0.672. The van der Waals surface area contributed by atoms with Crippen LogP contribution in [0.25, 0.3) is 0 Å². The molecular formula is C7H7BiO2. The molecule has 0 N–H and O–H groups in total. The second-order valence-corrected chi connectivity index (χ2v) is 6.91. The molecular weight excluding hydrogens is 325 g/mol. The van der Waals surface area contributed by atoms with Crippen molar-refractivity contribution in [1.29, 1.82) is 0 Å². The molecule has 0 radical (unpaired) electrons. The first-order valence-electron chi connectivity index (χ1n) is 3.05. The van der Waals surface area contributed by atoms with Crippen molar-refractivity contribution in [3.05, 3.63) is 24.3 Å². The Hall–Kier alpha value is -0.297. The van der Waals surface area contributed by atoms with E-state index >= 15 is 0 Å². The molecule has 0 amide bonds. The second-order valence-electron chi connectivity index (χ2n) is 2.07. The molecule has 0 aromatic heterocycles. The summed E-state index contributed by atoms with van der Waals surface area (Å²) in [7, 11) is 0. The van der Waals surface area contributed by atoms with Gasteiger partial charge in [-0.2, -0.15) is 0 Å². The average molecular weight is 332 g/mol. The van der Waals surface area contributed by atoms with Gasteiger partial charge in [-0.15, -0.1) is 0 Å². The number of fused-ring (bicyclic) bond motifs is 1. The van der Waals surface area contributed by atoms with E-state index in [1.807, 2.05) is 24.3 Å². The van der Waals surface area contributed by atoms with Crippen molar-refractivity contribution in [2.24, 2.45) is 0 Å². The Morgan fingerprint density at radius 1 is 1.10 bits per heavy atom. The molecule has 0 saturated heterocycles. The molecule has 10 heavy (non-hydrogen) atoms. The van der Waals surface area contributed by atoms with Crippen LogP contribution in [0.15, 0.2) is 24.3 Å². The average Bonchev–Trinajstić information content (AvgIpc) is 2.27. The van der Waals surface area contributed by atoms with Crippen LogP contribution in [0.5, 0.6) is 11.5 Å². The van der Waals surface area contributed by atoms with Crippen LogP contribution in [0.4, 0.5) is 0 Å². The Kier molecular flexibility index (Phi) is 1.53. The van der Waals surface area contributed by atoms with Crippen molar-refractivity contribution in [3.8, 4) is 11.5 Å². The number of hydrogen-bond acceptors (Lipinski definition) is 2. The molecule has 0 saturated carbocycles. The Morgan fingerprint density at radius 3 is 2.10 bits per heavy atom. The molecule has 0 fully saturated rings. The fraction of sp³-hybridized carbons (Fsp3) is 0.143. The summed E-state index contributed by atoms with van der Waals surface area (Å²) < 4.78 is 13.1. The predicted octanol–water partition coefficient (Wildman–Crippen LogP) is 1.58. The van der Waals surface area contributed by atoms with Crippen LogP contribution in [-0.2, 0) is 0 Å². The number of rotatable bonds is 0. The van der Waals surface area contributed by atoms with E-state index in [1.165, 1.54) is 0 Å². The molecule has 52 valence electrons. The van der Waals surface area contributed by atoms with Crippen LogP contribution in [-0.4, -0.2) is 22.6 Å². The monoisotopic (exact) mass is 332 g/mol. The van der Waals surface area contributed by atoms with Crippen LogP contribution in [0.2, 0.25) is 4.63 Å². The maximum absolute atomic E-state index is 5.49. The molecule has 0 spiro atoms. The van der Waals surface area contributed by atoms with Crippen molar-refractivity contribution in [1.82, 2.24) is 0 Å². The van der Waals surface area contributed by atoms with E-state index in [9.17, 15) is 0 Å². The van der Waals surface area contributed by atoms with Crippen molar-refractivity contribution in [2.45, 2.75) is 4.63 Å². The SMILES string of the molecule is [CH3][Bi]1[O]c2ccccc2[O]1. The van der Waals surface area contributed by atoms with Gasteiger partial charge in [0, 0.05) is 0 Å². The van der Waals surface area contributed by atoms with Crippen LogP contribution in [0.1, 0.15) is 0 Å². The van der Waals surface area contributed by atoms with E-state index in [0.29, 0.717) is 0 Å². The first kappa shape index (κ1) is 6.42. The maximum atomic E-state index is 5.49. The minimum atomic E-state index is -1.90. The standard InChI is InChI=1S/C6H6O2.CH3.Bi/c7-5-3-1-2-4-6(5)8;;/h1-4,7-8H;1H3;/q;;+2/p-2. The van der Waals surface area contributed by atoms with Crippen molar-refractivity contribution < 1.29 is 5.63 Å². The van der Waals surface area contributed by atoms with Crippen LogP contribution < -0.4 is 5.63 Å². The number of benzene rings is 1. The summed E-state index contributed by atoms with van der Waals surface area (Å²) in [6, 6.07) is 7.83. The van der Waals surface area contributed by atoms with E-state index < -0.39 is 22.6 Å². The van der Waals surface area contributed by atoms with Crippen molar-refractivity contribution in [3.63, 3.8) is 0 Å². The summed E-state index contributed by atoms with van der Waals surface area (Å²) in [5.74, 6) is 1.87. The molecule has 1 aliphatic heterocycles. The molecule has 3 heteroatoms.